The van der Waals surface area contributed by atoms with E-state index in [0.29, 0.717) is 18.5 Å². The molecule has 1 fully saturated rings. The third-order valence-corrected chi connectivity index (χ3v) is 3.79. The van der Waals surface area contributed by atoms with Gasteiger partial charge in [0, 0.05) is 25.0 Å². The second kappa shape index (κ2) is 7.20. The molecule has 5 nitrogen and oxygen atoms in total. The van der Waals surface area contributed by atoms with Gasteiger partial charge in [-0.15, -0.1) is 0 Å². The van der Waals surface area contributed by atoms with Crippen LogP contribution in [0.25, 0.3) is 0 Å². The van der Waals surface area contributed by atoms with Gasteiger partial charge in [0.25, 0.3) is 5.91 Å². The molecule has 3 rings (SSSR count). The van der Waals surface area contributed by atoms with Crippen LogP contribution in [-0.4, -0.2) is 30.6 Å². The molecule has 2 N–H and O–H groups in total. The number of nitrogens with zero attached hydrogens (tertiary/aromatic N) is 1. The van der Waals surface area contributed by atoms with E-state index in [0.717, 1.165) is 30.8 Å². The number of hydrogen-bond acceptors (Lipinski definition) is 4. The highest BCUT2D eigenvalue weighted by Gasteiger charge is 2.30. The molecule has 132 valence electrons. The van der Waals surface area contributed by atoms with Gasteiger partial charge in [-0.3, -0.25) is 9.78 Å². The maximum Gasteiger partial charge on any atom is 0.417 e. The van der Waals surface area contributed by atoms with Crippen LogP contribution in [0, 0.1) is 0 Å². The number of nitrogens with one attached hydrogen (secondary N) is 2. The first-order valence-corrected chi connectivity index (χ1v) is 7.70. The molecule has 1 aliphatic heterocycles. The Kier molecular flexibility index (Phi) is 5.00. The predicted octanol–water partition coefficient (Wildman–Crippen LogP) is 3.01. The molecule has 1 aromatic carbocycles. The number of amides is 1. The standard InChI is InChI=1S/C17H16F3N3O2/c18-17(19,20)12-3-6-14(22-9-12)16(24)23-13-4-1-11(2-5-13)15-10-21-7-8-25-15/h1-6,9,15,21H,7-8,10H2,(H,23,24). The second-order valence-corrected chi connectivity index (χ2v) is 5.57. The Morgan fingerprint density at radius 3 is 2.52 bits per heavy atom. The Hall–Kier alpha value is -2.45. The second-order valence-electron chi connectivity index (χ2n) is 5.57. The van der Waals surface area contributed by atoms with Crippen molar-refractivity contribution in [2.24, 2.45) is 0 Å². The number of carbonyl (C=O) groups excluding carboxylic acids is 1. The van der Waals surface area contributed by atoms with Gasteiger partial charge < -0.3 is 15.4 Å². The van der Waals surface area contributed by atoms with Gasteiger partial charge in [-0.1, -0.05) is 12.1 Å². The summed E-state index contributed by atoms with van der Waals surface area (Å²) in [5, 5.41) is 5.84. The zero-order valence-corrected chi connectivity index (χ0v) is 13.1. The molecule has 1 amide bonds. The topological polar surface area (TPSA) is 63.2 Å². The van der Waals surface area contributed by atoms with Crippen molar-refractivity contribution >= 4 is 11.6 Å². The van der Waals surface area contributed by atoms with Crippen molar-refractivity contribution in [1.29, 1.82) is 0 Å². The molecule has 25 heavy (non-hydrogen) atoms. The summed E-state index contributed by atoms with van der Waals surface area (Å²) in [6.07, 6.45) is -3.87. The SMILES string of the molecule is O=C(Nc1ccc(C2CNCCO2)cc1)c1ccc(C(F)(F)F)cn1. The summed E-state index contributed by atoms with van der Waals surface area (Å²) < 4.78 is 43.2. The van der Waals surface area contributed by atoms with E-state index in [9.17, 15) is 18.0 Å². The molecule has 1 aromatic heterocycles. The molecule has 0 radical (unpaired) electrons. The van der Waals surface area contributed by atoms with Gasteiger partial charge in [-0.05, 0) is 29.8 Å². The molecule has 1 aliphatic rings. The largest absolute Gasteiger partial charge is 0.417 e. The van der Waals surface area contributed by atoms with E-state index < -0.39 is 17.6 Å². The summed E-state index contributed by atoms with van der Waals surface area (Å²) in [5.74, 6) is -0.572. The zero-order chi connectivity index (χ0) is 17.9. The lowest BCUT2D eigenvalue weighted by atomic mass is 10.1. The van der Waals surface area contributed by atoms with E-state index in [4.69, 9.17) is 4.74 Å². The smallest absolute Gasteiger partial charge is 0.371 e. The number of ether oxygens (including phenoxy) is 1. The minimum absolute atomic E-state index is 0.0323. The maximum absolute atomic E-state index is 12.5. The number of morpholine rings is 1. The van der Waals surface area contributed by atoms with Crippen molar-refractivity contribution in [2.75, 3.05) is 25.0 Å². The fraction of sp³-hybridized carbons (Fsp3) is 0.294. The Labute approximate surface area is 142 Å². The van der Waals surface area contributed by atoms with Gasteiger partial charge >= 0.3 is 6.18 Å². The first-order valence-electron chi connectivity index (χ1n) is 7.70. The molecule has 1 unspecified atom stereocenters. The van der Waals surface area contributed by atoms with E-state index in [-0.39, 0.29) is 11.8 Å². The number of rotatable bonds is 3. The Balaban J connectivity index is 1.64. The van der Waals surface area contributed by atoms with Crippen molar-refractivity contribution in [1.82, 2.24) is 10.3 Å². The molecule has 0 saturated carbocycles. The summed E-state index contributed by atoms with van der Waals surface area (Å²) in [5.41, 5.74) is 0.531. The van der Waals surface area contributed by atoms with Crippen LogP contribution in [0.1, 0.15) is 27.7 Å². The number of halogens is 3. The van der Waals surface area contributed by atoms with Crippen molar-refractivity contribution in [3.63, 3.8) is 0 Å². The molecule has 0 spiro atoms. The highest BCUT2D eigenvalue weighted by atomic mass is 19.4. The van der Waals surface area contributed by atoms with Crippen LogP contribution in [0.15, 0.2) is 42.6 Å². The molecule has 0 bridgehead atoms. The Bertz CT molecular complexity index is 724. The first kappa shape index (κ1) is 17.4. The number of carbonyl (C=O) groups is 1. The van der Waals surface area contributed by atoms with Gasteiger partial charge in [0.1, 0.15) is 5.69 Å². The quantitative estimate of drug-likeness (QED) is 0.892. The fourth-order valence-electron chi connectivity index (χ4n) is 2.45. The van der Waals surface area contributed by atoms with Crippen molar-refractivity contribution < 1.29 is 22.7 Å². The van der Waals surface area contributed by atoms with Crippen LogP contribution < -0.4 is 10.6 Å². The lowest BCUT2D eigenvalue weighted by molar-refractivity contribution is -0.137. The van der Waals surface area contributed by atoms with Crippen LogP contribution in [0.2, 0.25) is 0 Å². The lowest BCUT2D eigenvalue weighted by Crippen LogP contribution is -2.33. The molecule has 1 atom stereocenters. The van der Waals surface area contributed by atoms with Gasteiger partial charge in [0.15, 0.2) is 0 Å². The summed E-state index contributed by atoms with van der Waals surface area (Å²) in [6.45, 7) is 2.19. The molecule has 2 heterocycles. The summed E-state index contributed by atoms with van der Waals surface area (Å²) >= 11 is 0. The summed E-state index contributed by atoms with van der Waals surface area (Å²) in [7, 11) is 0. The van der Waals surface area contributed by atoms with E-state index in [1.54, 1.807) is 12.1 Å². The number of anilines is 1. The zero-order valence-electron chi connectivity index (χ0n) is 13.1. The van der Waals surface area contributed by atoms with E-state index in [1.165, 1.54) is 0 Å². The van der Waals surface area contributed by atoms with Gasteiger partial charge in [-0.25, -0.2) is 0 Å². The average molecular weight is 351 g/mol. The molecular weight excluding hydrogens is 335 g/mol. The molecular formula is C17H16F3N3O2. The molecule has 8 heteroatoms. The van der Waals surface area contributed by atoms with Gasteiger partial charge in [0.2, 0.25) is 0 Å². The van der Waals surface area contributed by atoms with Gasteiger partial charge in [0.05, 0.1) is 18.3 Å². The molecule has 1 saturated heterocycles. The summed E-state index contributed by atoms with van der Waals surface area (Å²) in [4.78, 5) is 15.6. The number of hydrogen-bond donors (Lipinski definition) is 2. The van der Waals surface area contributed by atoms with Crippen LogP contribution in [0.3, 0.4) is 0 Å². The highest BCUT2D eigenvalue weighted by Crippen LogP contribution is 2.28. The number of aromatic nitrogens is 1. The monoisotopic (exact) mass is 351 g/mol. The van der Waals surface area contributed by atoms with Gasteiger partial charge in [-0.2, -0.15) is 13.2 Å². The van der Waals surface area contributed by atoms with Crippen LogP contribution >= 0.6 is 0 Å². The number of benzene rings is 1. The summed E-state index contributed by atoms with van der Waals surface area (Å²) in [6, 6.07) is 9.00. The maximum atomic E-state index is 12.5. The first-order chi connectivity index (χ1) is 11.9. The minimum Gasteiger partial charge on any atom is -0.371 e. The van der Waals surface area contributed by atoms with Crippen molar-refractivity contribution in [3.05, 3.63) is 59.4 Å². The van der Waals surface area contributed by atoms with Crippen LogP contribution in [-0.2, 0) is 10.9 Å². The molecule has 2 aromatic rings. The normalized spacial score (nSPS) is 18.0. The van der Waals surface area contributed by atoms with Crippen LogP contribution in [0.5, 0.6) is 0 Å². The predicted molar refractivity (Wildman–Crippen MR) is 85.2 cm³/mol. The third-order valence-electron chi connectivity index (χ3n) is 3.79. The van der Waals surface area contributed by atoms with Crippen molar-refractivity contribution in [2.45, 2.75) is 12.3 Å². The van der Waals surface area contributed by atoms with Crippen molar-refractivity contribution in [3.8, 4) is 0 Å². The van der Waals surface area contributed by atoms with E-state index in [1.807, 2.05) is 12.1 Å². The number of alkyl halides is 3. The fourth-order valence-corrected chi connectivity index (χ4v) is 2.45. The van der Waals surface area contributed by atoms with E-state index >= 15 is 0 Å². The molecule has 0 aliphatic carbocycles. The highest BCUT2D eigenvalue weighted by molar-refractivity contribution is 6.02. The Morgan fingerprint density at radius 2 is 1.96 bits per heavy atom. The Morgan fingerprint density at radius 1 is 1.20 bits per heavy atom. The van der Waals surface area contributed by atoms with Crippen LogP contribution in [0.4, 0.5) is 18.9 Å². The third kappa shape index (κ3) is 4.34. The lowest BCUT2D eigenvalue weighted by Gasteiger charge is -2.24. The minimum atomic E-state index is -4.48. The number of pyridine rings is 1. The average Bonchev–Trinajstić information content (AvgIpc) is 2.62. The van der Waals surface area contributed by atoms with E-state index in [2.05, 4.69) is 15.6 Å².